The van der Waals surface area contributed by atoms with E-state index in [-0.39, 0.29) is 5.91 Å². The number of fused-ring (bicyclic) bond motifs is 1. The molecule has 2 heterocycles. The van der Waals surface area contributed by atoms with E-state index in [9.17, 15) is 18.0 Å². The van der Waals surface area contributed by atoms with Crippen molar-refractivity contribution in [2.75, 3.05) is 6.54 Å². The maximum absolute atomic E-state index is 12.7. The number of halogens is 3. The zero-order chi connectivity index (χ0) is 21.1. The minimum absolute atomic E-state index is 0.0448. The van der Waals surface area contributed by atoms with Gasteiger partial charge in [0.2, 0.25) is 5.91 Å². The van der Waals surface area contributed by atoms with Gasteiger partial charge in [-0.2, -0.15) is 13.2 Å². The minimum Gasteiger partial charge on any atom is -0.457 e. The smallest absolute Gasteiger partial charge is 0.416 e. The number of hydrogen-bond acceptors (Lipinski definition) is 4. The Kier molecular flexibility index (Phi) is 5.43. The van der Waals surface area contributed by atoms with Crippen molar-refractivity contribution in [3.8, 4) is 11.5 Å². The van der Waals surface area contributed by atoms with Gasteiger partial charge in [-0.1, -0.05) is 12.1 Å². The van der Waals surface area contributed by atoms with Crippen LogP contribution in [0.5, 0.6) is 11.5 Å². The van der Waals surface area contributed by atoms with Crippen molar-refractivity contribution in [1.82, 2.24) is 19.7 Å². The molecule has 0 radical (unpaired) electrons. The third-order valence-electron chi connectivity index (χ3n) is 5.04. The second kappa shape index (κ2) is 8.17. The van der Waals surface area contributed by atoms with Gasteiger partial charge < -0.3 is 14.2 Å². The second-order valence-electron chi connectivity index (χ2n) is 7.03. The zero-order valence-electron chi connectivity index (χ0n) is 16.0. The average Bonchev–Trinajstić information content (AvgIpc) is 3.25. The summed E-state index contributed by atoms with van der Waals surface area (Å²) in [5.41, 5.74) is 1.23. The normalized spacial score (nSPS) is 13.8. The lowest BCUT2D eigenvalue weighted by atomic mass is 9.98. The van der Waals surface area contributed by atoms with E-state index in [1.807, 2.05) is 12.1 Å². The van der Waals surface area contributed by atoms with E-state index in [1.165, 1.54) is 12.1 Å². The van der Waals surface area contributed by atoms with Crippen LogP contribution < -0.4 is 4.74 Å². The first-order valence-electron chi connectivity index (χ1n) is 9.46. The predicted molar refractivity (Wildman–Crippen MR) is 102 cm³/mol. The highest BCUT2D eigenvalue weighted by Gasteiger charge is 2.30. The molecule has 0 saturated carbocycles. The highest BCUT2D eigenvalue weighted by molar-refractivity contribution is 5.76. The number of rotatable bonds is 5. The molecule has 6 nitrogen and oxygen atoms in total. The highest BCUT2D eigenvalue weighted by Crippen LogP contribution is 2.34. The Hall–Kier alpha value is -3.36. The summed E-state index contributed by atoms with van der Waals surface area (Å²) in [7, 11) is 0. The number of aryl methyl sites for hydroxylation is 1. The lowest BCUT2D eigenvalue weighted by molar-refractivity contribution is -0.137. The fraction of sp³-hybridized carbons (Fsp3) is 0.286. The van der Waals surface area contributed by atoms with Crippen molar-refractivity contribution in [1.29, 1.82) is 0 Å². The standard InChI is InChI=1S/C21H19F3N4O2/c22-21(23,24)16-4-6-17(7-5-16)30-19-3-1-2-15-12-28(11-8-18(15)19)20(29)9-10-27-13-25-26-14-27/h1-7,13-14H,8-12H2. The molecule has 0 spiro atoms. The maximum atomic E-state index is 12.7. The molecule has 0 aliphatic carbocycles. The first-order valence-corrected chi connectivity index (χ1v) is 9.46. The van der Waals surface area contributed by atoms with Gasteiger partial charge in [0, 0.05) is 31.6 Å². The van der Waals surface area contributed by atoms with Crippen LogP contribution in [0.2, 0.25) is 0 Å². The summed E-state index contributed by atoms with van der Waals surface area (Å²) in [6.45, 7) is 1.55. The SMILES string of the molecule is O=C(CCn1cnnc1)N1CCc2c(cccc2Oc2ccc(C(F)(F)F)cc2)C1. The summed E-state index contributed by atoms with van der Waals surface area (Å²) in [6, 6.07) is 10.2. The second-order valence-corrected chi connectivity index (χ2v) is 7.03. The van der Waals surface area contributed by atoms with Gasteiger partial charge >= 0.3 is 6.18 Å². The van der Waals surface area contributed by atoms with Crippen LogP contribution in [0.1, 0.15) is 23.1 Å². The number of aromatic nitrogens is 3. The van der Waals surface area contributed by atoms with Gasteiger partial charge in [0.1, 0.15) is 24.2 Å². The lowest BCUT2D eigenvalue weighted by Crippen LogP contribution is -2.36. The maximum Gasteiger partial charge on any atom is 0.416 e. The van der Waals surface area contributed by atoms with Gasteiger partial charge in [-0.3, -0.25) is 4.79 Å². The summed E-state index contributed by atoms with van der Waals surface area (Å²) in [5, 5.41) is 7.44. The molecule has 0 bridgehead atoms. The van der Waals surface area contributed by atoms with Crippen LogP contribution in [0.4, 0.5) is 13.2 Å². The molecule has 1 aliphatic rings. The third kappa shape index (κ3) is 4.45. The molecule has 0 N–H and O–H groups in total. The van der Waals surface area contributed by atoms with E-state index in [0.29, 0.717) is 44.0 Å². The molecule has 156 valence electrons. The highest BCUT2D eigenvalue weighted by atomic mass is 19.4. The predicted octanol–water partition coefficient (Wildman–Crippen LogP) is 4.06. The fourth-order valence-electron chi connectivity index (χ4n) is 3.44. The minimum atomic E-state index is -4.38. The van der Waals surface area contributed by atoms with E-state index in [2.05, 4.69) is 10.2 Å². The van der Waals surface area contributed by atoms with E-state index in [1.54, 1.807) is 28.2 Å². The van der Waals surface area contributed by atoms with Crippen LogP contribution >= 0.6 is 0 Å². The topological polar surface area (TPSA) is 60.2 Å². The number of amides is 1. The van der Waals surface area contributed by atoms with Crippen LogP contribution in [-0.2, 0) is 30.5 Å². The van der Waals surface area contributed by atoms with Gasteiger partial charge in [-0.05, 0) is 42.3 Å². The third-order valence-corrected chi connectivity index (χ3v) is 5.04. The van der Waals surface area contributed by atoms with Gasteiger partial charge in [0.05, 0.1) is 5.56 Å². The quantitative estimate of drug-likeness (QED) is 0.629. The molecule has 0 unspecified atom stereocenters. The van der Waals surface area contributed by atoms with Crippen molar-refractivity contribution >= 4 is 5.91 Å². The molecule has 1 aromatic heterocycles. The first kappa shape index (κ1) is 19.9. The Morgan fingerprint density at radius 1 is 1.07 bits per heavy atom. The zero-order valence-corrected chi connectivity index (χ0v) is 16.0. The van der Waals surface area contributed by atoms with Crippen LogP contribution in [0, 0.1) is 0 Å². The number of carbonyl (C=O) groups excluding carboxylic acids is 1. The van der Waals surface area contributed by atoms with Crippen molar-refractivity contribution < 1.29 is 22.7 Å². The molecule has 0 saturated heterocycles. The van der Waals surface area contributed by atoms with Crippen molar-refractivity contribution in [3.63, 3.8) is 0 Å². The molecule has 1 amide bonds. The molecule has 30 heavy (non-hydrogen) atoms. The van der Waals surface area contributed by atoms with Gasteiger partial charge in [0.15, 0.2) is 0 Å². The first-order chi connectivity index (χ1) is 14.4. The number of benzene rings is 2. The summed E-state index contributed by atoms with van der Waals surface area (Å²) >= 11 is 0. The molecule has 0 fully saturated rings. The fourth-order valence-corrected chi connectivity index (χ4v) is 3.44. The van der Waals surface area contributed by atoms with Crippen molar-refractivity contribution in [2.45, 2.75) is 32.1 Å². The van der Waals surface area contributed by atoms with Gasteiger partial charge in [0.25, 0.3) is 0 Å². The summed E-state index contributed by atoms with van der Waals surface area (Å²) in [5.74, 6) is 0.983. The summed E-state index contributed by atoms with van der Waals surface area (Å²) in [6.07, 6.45) is -0.262. The molecule has 1 aliphatic heterocycles. The van der Waals surface area contributed by atoms with Crippen LogP contribution in [0.3, 0.4) is 0 Å². The Morgan fingerprint density at radius 2 is 1.80 bits per heavy atom. The van der Waals surface area contributed by atoms with Crippen LogP contribution in [0.15, 0.2) is 55.1 Å². The number of hydrogen-bond donors (Lipinski definition) is 0. The monoisotopic (exact) mass is 416 g/mol. The lowest BCUT2D eigenvalue weighted by Gasteiger charge is -2.30. The van der Waals surface area contributed by atoms with Crippen molar-refractivity contribution in [2.24, 2.45) is 0 Å². The Morgan fingerprint density at radius 3 is 2.50 bits per heavy atom. The van der Waals surface area contributed by atoms with E-state index in [4.69, 9.17) is 4.74 Å². The molecule has 2 aromatic carbocycles. The van der Waals surface area contributed by atoms with Crippen LogP contribution in [-0.4, -0.2) is 32.1 Å². The largest absolute Gasteiger partial charge is 0.457 e. The molecular formula is C21H19F3N4O2. The number of nitrogens with zero attached hydrogens (tertiary/aromatic N) is 4. The van der Waals surface area contributed by atoms with Gasteiger partial charge in [-0.25, -0.2) is 0 Å². The van der Waals surface area contributed by atoms with Crippen molar-refractivity contribution in [3.05, 3.63) is 71.8 Å². The number of ether oxygens (including phenoxy) is 1. The molecule has 4 rings (SSSR count). The Labute approximate surface area is 170 Å². The Bertz CT molecular complexity index is 1020. The average molecular weight is 416 g/mol. The number of carbonyl (C=O) groups is 1. The Balaban J connectivity index is 1.43. The summed E-state index contributed by atoms with van der Waals surface area (Å²) < 4.78 is 45.8. The van der Waals surface area contributed by atoms with Gasteiger partial charge in [-0.15, -0.1) is 10.2 Å². The summed E-state index contributed by atoms with van der Waals surface area (Å²) in [4.78, 5) is 14.3. The van der Waals surface area contributed by atoms with E-state index in [0.717, 1.165) is 23.3 Å². The molecule has 3 aromatic rings. The molecular weight excluding hydrogens is 397 g/mol. The number of alkyl halides is 3. The van der Waals surface area contributed by atoms with Crippen LogP contribution in [0.25, 0.3) is 0 Å². The molecule has 0 atom stereocenters. The van der Waals surface area contributed by atoms with E-state index < -0.39 is 11.7 Å². The molecule has 9 heteroatoms. The van der Waals surface area contributed by atoms with E-state index >= 15 is 0 Å².